The molecular weight excluding hydrogens is 785 g/mol. The van der Waals surface area contributed by atoms with Crippen LogP contribution in [0.15, 0.2) is 194 Å². The topological polar surface area (TPSA) is 6.48 Å². The second-order valence-electron chi connectivity index (χ2n) is 20.7. The van der Waals surface area contributed by atoms with E-state index in [1.54, 1.807) is 0 Å². The third-order valence-corrected chi connectivity index (χ3v) is 14.1. The first-order valence-electron chi connectivity index (χ1n) is 23.2. The van der Waals surface area contributed by atoms with Crippen molar-refractivity contribution in [3.8, 4) is 11.1 Å². The number of anilines is 6. The number of fused-ring (bicyclic) bond motifs is 9. The Morgan fingerprint density at radius 2 is 0.785 bits per heavy atom. The third kappa shape index (κ3) is 6.86. The minimum atomic E-state index is -0.281. The maximum Gasteiger partial charge on any atom is 0.0543 e. The Balaban J connectivity index is 1.08. The molecule has 1 aliphatic carbocycles. The second kappa shape index (κ2) is 15.0. The van der Waals surface area contributed by atoms with Gasteiger partial charge in [0.2, 0.25) is 0 Å². The van der Waals surface area contributed by atoms with Crippen molar-refractivity contribution in [2.75, 3.05) is 9.80 Å². The van der Waals surface area contributed by atoms with E-state index in [4.69, 9.17) is 0 Å². The van der Waals surface area contributed by atoms with Crippen molar-refractivity contribution in [1.29, 1.82) is 0 Å². The molecular formula is C63H56N2. The van der Waals surface area contributed by atoms with E-state index in [-0.39, 0.29) is 16.2 Å². The molecule has 0 unspecified atom stereocenters. The zero-order valence-corrected chi connectivity index (χ0v) is 38.9. The van der Waals surface area contributed by atoms with Crippen LogP contribution in [-0.4, -0.2) is 0 Å². The summed E-state index contributed by atoms with van der Waals surface area (Å²) in [6.45, 7) is 18.6. The lowest BCUT2D eigenvalue weighted by atomic mass is 9.79. The lowest BCUT2D eigenvalue weighted by molar-refractivity contribution is 0.590. The maximum absolute atomic E-state index is 2.51. The maximum atomic E-state index is 2.51. The van der Waals surface area contributed by atoms with Gasteiger partial charge in [-0.1, -0.05) is 183 Å². The first kappa shape index (κ1) is 40.6. The van der Waals surface area contributed by atoms with Gasteiger partial charge < -0.3 is 9.80 Å². The number of benzene rings is 10. The fraction of sp³-hybridized carbons (Fsp3) is 0.175. The molecule has 0 atom stereocenters. The van der Waals surface area contributed by atoms with E-state index in [2.05, 4.69) is 259 Å². The quantitative estimate of drug-likeness (QED) is 0.165. The number of rotatable bonds is 6. The van der Waals surface area contributed by atoms with Gasteiger partial charge in [0.1, 0.15) is 0 Å². The van der Waals surface area contributed by atoms with Crippen molar-refractivity contribution < 1.29 is 0 Å². The SMILES string of the molecule is CC(C)(C)c1ccc(N(c2ccc3ccccc3c2)c2ccc3c4c(ccc3c2)-c2c(cc(N(c3ccc(C(C)(C)C)cc3)c3ccc5ccccc5c3)c3ccccc23)C4(C)C)cc1. The Morgan fingerprint density at radius 3 is 1.34 bits per heavy atom. The molecule has 0 fully saturated rings. The predicted molar refractivity (Wildman–Crippen MR) is 281 cm³/mol. The van der Waals surface area contributed by atoms with E-state index in [9.17, 15) is 0 Å². The van der Waals surface area contributed by atoms with E-state index < -0.39 is 0 Å². The number of hydrogen-bond acceptors (Lipinski definition) is 2. The zero-order chi connectivity index (χ0) is 44.8. The largest absolute Gasteiger partial charge is 0.310 e. The number of nitrogens with zero attached hydrogens (tertiary/aromatic N) is 2. The van der Waals surface area contributed by atoms with Gasteiger partial charge >= 0.3 is 0 Å². The van der Waals surface area contributed by atoms with Crippen LogP contribution in [0.2, 0.25) is 0 Å². The van der Waals surface area contributed by atoms with Crippen LogP contribution in [0.4, 0.5) is 34.1 Å². The highest BCUT2D eigenvalue weighted by Gasteiger charge is 2.39. The van der Waals surface area contributed by atoms with Crippen LogP contribution in [0.1, 0.15) is 77.6 Å². The fourth-order valence-corrected chi connectivity index (χ4v) is 10.5. The molecule has 0 saturated carbocycles. The summed E-state index contributed by atoms with van der Waals surface area (Å²) in [7, 11) is 0. The summed E-state index contributed by atoms with van der Waals surface area (Å²) in [5, 5.41) is 9.99. The normalized spacial score (nSPS) is 13.4. The predicted octanol–water partition coefficient (Wildman–Crippen LogP) is 18.1. The Morgan fingerprint density at radius 1 is 0.354 bits per heavy atom. The summed E-state index contributed by atoms with van der Waals surface area (Å²) < 4.78 is 0. The Bertz CT molecular complexity index is 3470. The van der Waals surface area contributed by atoms with E-state index in [1.807, 2.05) is 0 Å². The summed E-state index contributed by atoms with van der Waals surface area (Å²) in [6, 6.07) is 72.8. The molecule has 0 aliphatic heterocycles. The van der Waals surface area contributed by atoms with Crippen LogP contribution in [0, 0.1) is 0 Å². The summed E-state index contributed by atoms with van der Waals surface area (Å²) in [4.78, 5) is 4.90. The highest BCUT2D eigenvalue weighted by Crippen LogP contribution is 2.57. The molecule has 11 rings (SSSR count). The first-order valence-corrected chi connectivity index (χ1v) is 23.2. The highest BCUT2D eigenvalue weighted by atomic mass is 15.1. The molecule has 0 saturated heterocycles. The molecule has 2 heteroatoms. The summed E-state index contributed by atoms with van der Waals surface area (Å²) >= 11 is 0. The van der Waals surface area contributed by atoms with Gasteiger partial charge in [0.05, 0.1) is 5.69 Å². The second-order valence-corrected chi connectivity index (χ2v) is 20.7. The summed E-state index contributed by atoms with van der Waals surface area (Å²) in [5.74, 6) is 0. The summed E-state index contributed by atoms with van der Waals surface area (Å²) in [6.07, 6.45) is 0. The average Bonchev–Trinajstić information content (AvgIpc) is 3.54. The van der Waals surface area contributed by atoms with Gasteiger partial charge in [-0.2, -0.15) is 0 Å². The Kier molecular flexibility index (Phi) is 9.35. The lowest BCUT2D eigenvalue weighted by Crippen LogP contribution is -2.18. The first-order chi connectivity index (χ1) is 31.2. The van der Waals surface area contributed by atoms with Crippen molar-refractivity contribution in [2.24, 2.45) is 0 Å². The number of hydrogen-bond donors (Lipinski definition) is 0. The van der Waals surface area contributed by atoms with Crippen molar-refractivity contribution in [3.63, 3.8) is 0 Å². The van der Waals surface area contributed by atoms with Crippen molar-refractivity contribution >= 4 is 77.2 Å². The van der Waals surface area contributed by atoms with E-state index in [1.165, 1.54) is 82.2 Å². The molecule has 0 amide bonds. The zero-order valence-electron chi connectivity index (χ0n) is 38.9. The standard InChI is InChI=1S/C63H56N2/c1-61(2,3)46-24-30-48(31-25-46)64(50-28-21-41-15-9-11-17-43(41)37-50)51-34-36-53-45(39-51)23-35-56-59-55-20-14-13-19-54(55)58(40-57(59)63(7,8)60(53)56)65(49-32-26-47(27-33-49)62(4,5)6)52-29-22-42-16-10-12-18-44(42)38-52/h9-40H,1-8H3. The molecule has 10 aromatic rings. The van der Waals surface area contributed by atoms with Gasteiger partial charge in [0, 0.05) is 39.2 Å². The molecule has 0 N–H and O–H groups in total. The van der Waals surface area contributed by atoms with Crippen LogP contribution in [-0.2, 0) is 16.2 Å². The van der Waals surface area contributed by atoms with Crippen LogP contribution >= 0.6 is 0 Å². The fourth-order valence-electron chi connectivity index (χ4n) is 10.5. The minimum absolute atomic E-state index is 0.0539. The molecule has 0 spiro atoms. The van der Waals surface area contributed by atoms with E-state index in [0.29, 0.717) is 0 Å². The Labute approximate surface area is 384 Å². The van der Waals surface area contributed by atoms with Crippen molar-refractivity contribution in [1.82, 2.24) is 0 Å². The molecule has 65 heavy (non-hydrogen) atoms. The molecule has 0 aromatic heterocycles. The summed E-state index contributed by atoms with van der Waals surface area (Å²) in [5.41, 5.74) is 14.8. The molecule has 0 radical (unpaired) electrons. The molecule has 10 aromatic carbocycles. The molecule has 318 valence electrons. The van der Waals surface area contributed by atoms with Gasteiger partial charge in [-0.05, 0) is 149 Å². The van der Waals surface area contributed by atoms with E-state index >= 15 is 0 Å². The van der Waals surface area contributed by atoms with Crippen molar-refractivity contribution in [3.05, 3.63) is 216 Å². The molecule has 0 bridgehead atoms. The minimum Gasteiger partial charge on any atom is -0.310 e. The van der Waals surface area contributed by atoms with Crippen molar-refractivity contribution in [2.45, 2.75) is 71.6 Å². The van der Waals surface area contributed by atoms with Crippen LogP contribution in [0.25, 0.3) is 54.2 Å². The van der Waals surface area contributed by atoms with E-state index in [0.717, 1.165) is 28.4 Å². The smallest absolute Gasteiger partial charge is 0.0543 e. The van der Waals surface area contributed by atoms with Gasteiger partial charge in [-0.15, -0.1) is 0 Å². The van der Waals surface area contributed by atoms with Gasteiger partial charge in [-0.3, -0.25) is 0 Å². The van der Waals surface area contributed by atoms with Gasteiger partial charge in [0.25, 0.3) is 0 Å². The average molecular weight is 841 g/mol. The lowest BCUT2D eigenvalue weighted by Gasteiger charge is -2.31. The van der Waals surface area contributed by atoms with Crippen LogP contribution in [0.5, 0.6) is 0 Å². The highest BCUT2D eigenvalue weighted by molar-refractivity contribution is 6.12. The molecule has 1 aliphatic rings. The van der Waals surface area contributed by atoms with Crippen LogP contribution in [0.3, 0.4) is 0 Å². The monoisotopic (exact) mass is 840 g/mol. The third-order valence-electron chi connectivity index (χ3n) is 14.1. The molecule has 0 heterocycles. The van der Waals surface area contributed by atoms with Gasteiger partial charge in [0.15, 0.2) is 0 Å². The van der Waals surface area contributed by atoms with Gasteiger partial charge in [-0.25, -0.2) is 0 Å². The van der Waals surface area contributed by atoms with Crippen LogP contribution < -0.4 is 9.80 Å². The Hall–Kier alpha value is -7.16. The molecule has 2 nitrogen and oxygen atoms in total.